The van der Waals surface area contributed by atoms with Crippen molar-refractivity contribution in [3.63, 3.8) is 0 Å². The van der Waals surface area contributed by atoms with Gasteiger partial charge in [0.2, 0.25) is 0 Å². The third kappa shape index (κ3) is 6.02. The van der Waals surface area contributed by atoms with Gasteiger partial charge in [0.05, 0.1) is 24.5 Å². The van der Waals surface area contributed by atoms with Crippen molar-refractivity contribution in [3.05, 3.63) is 48.3 Å². The van der Waals surface area contributed by atoms with Gasteiger partial charge >= 0.3 is 6.03 Å². The van der Waals surface area contributed by atoms with E-state index >= 15 is 0 Å². The van der Waals surface area contributed by atoms with Gasteiger partial charge in [-0.1, -0.05) is 30.3 Å². The van der Waals surface area contributed by atoms with E-state index in [1.54, 1.807) is 17.1 Å². The van der Waals surface area contributed by atoms with Gasteiger partial charge in [-0.15, -0.1) is 0 Å². The third-order valence-electron chi connectivity index (χ3n) is 3.56. The maximum Gasteiger partial charge on any atom is 0.319 e. The van der Waals surface area contributed by atoms with Crippen LogP contribution in [0, 0.1) is 0 Å². The van der Waals surface area contributed by atoms with E-state index in [9.17, 15) is 9.90 Å². The second-order valence-corrected chi connectivity index (χ2v) is 5.89. The highest BCUT2D eigenvalue weighted by molar-refractivity contribution is 5.88. The van der Waals surface area contributed by atoms with Crippen molar-refractivity contribution in [1.82, 2.24) is 20.0 Å². The summed E-state index contributed by atoms with van der Waals surface area (Å²) < 4.78 is 1.79. The van der Waals surface area contributed by atoms with Gasteiger partial charge in [0.25, 0.3) is 0 Å². The number of rotatable bonds is 8. The Bertz CT molecular complexity index is 627. The number of nitrogens with zero attached hydrogens (tertiary/aromatic N) is 3. The van der Waals surface area contributed by atoms with Crippen molar-refractivity contribution < 1.29 is 9.90 Å². The maximum atomic E-state index is 11.9. The zero-order valence-electron chi connectivity index (χ0n) is 14.1. The van der Waals surface area contributed by atoms with Gasteiger partial charge in [0.1, 0.15) is 0 Å². The van der Waals surface area contributed by atoms with E-state index in [2.05, 4.69) is 20.6 Å². The summed E-state index contributed by atoms with van der Waals surface area (Å²) >= 11 is 0. The Labute approximate surface area is 142 Å². The summed E-state index contributed by atoms with van der Waals surface area (Å²) in [5, 5.41) is 19.7. The van der Waals surface area contributed by atoms with E-state index in [0.717, 1.165) is 18.7 Å². The molecule has 1 aromatic heterocycles. The van der Waals surface area contributed by atoms with Crippen LogP contribution in [0.25, 0.3) is 0 Å². The SMILES string of the molecule is CN(C)CCn1cc(NC(=O)NCCC(O)c2ccccc2)cn1. The van der Waals surface area contributed by atoms with Crippen LogP contribution in [0.2, 0.25) is 0 Å². The van der Waals surface area contributed by atoms with E-state index in [1.807, 2.05) is 44.4 Å². The fourth-order valence-electron chi connectivity index (χ4n) is 2.19. The molecule has 1 unspecified atom stereocenters. The molecular weight excluding hydrogens is 306 g/mol. The lowest BCUT2D eigenvalue weighted by Gasteiger charge is -2.11. The molecule has 1 aromatic carbocycles. The number of hydrogen-bond acceptors (Lipinski definition) is 4. The van der Waals surface area contributed by atoms with Crippen LogP contribution in [-0.2, 0) is 6.54 Å². The molecule has 7 heteroatoms. The molecule has 7 nitrogen and oxygen atoms in total. The number of carbonyl (C=O) groups excluding carboxylic acids is 1. The number of likely N-dealkylation sites (N-methyl/N-ethyl adjacent to an activating group) is 1. The molecule has 0 radical (unpaired) electrons. The van der Waals surface area contributed by atoms with Gasteiger partial charge < -0.3 is 20.6 Å². The number of hydrogen-bond donors (Lipinski definition) is 3. The lowest BCUT2D eigenvalue weighted by molar-refractivity contribution is 0.167. The zero-order valence-corrected chi connectivity index (χ0v) is 14.1. The Balaban J connectivity index is 1.70. The molecule has 0 aliphatic carbocycles. The third-order valence-corrected chi connectivity index (χ3v) is 3.56. The van der Waals surface area contributed by atoms with E-state index in [1.165, 1.54) is 0 Å². The van der Waals surface area contributed by atoms with E-state index in [-0.39, 0.29) is 6.03 Å². The van der Waals surface area contributed by atoms with Gasteiger partial charge in [0.15, 0.2) is 0 Å². The molecule has 0 aliphatic heterocycles. The van der Waals surface area contributed by atoms with Crippen LogP contribution >= 0.6 is 0 Å². The smallest absolute Gasteiger partial charge is 0.319 e. The highest BCUT2D eigenvalue weighted by Crippen LogP contribution is 2.14. The molecule has 0 spiro atoms. The number of amides is 2. The molecule has 2 amide bonds. The second kappa shape index (κ2) is 9.05. The lowest BCUT2D eigenvalue weighted by atomic mass is 10.1. The van der Waals surface area contributed by atoms with Crippen molar-refractivity contribution in [2.45, 2.75) is 19.1 Å². The normalized spacial score (nSPS) is 12.2. The quantitative estimate of drug-likeness (QED) is 0.687. The Morgan fingerprint density at radius 2 is 2.08 bits per heavy atom. The molecule has 2 aromatic rings. The minimum atomic E-state index is -0.583. The molecule has 3 N–H and O–H groups in total. The highest BCUT2D eigenvalue weighted by atomic mass is 16.3. The Morgan fingerprint density at radius 1 is 1.33 bits per heavy atom. The average Bonchev–Trinajstić information content (AvgIpc) is 3.01. The fourth-order valence-corrected chi connectivity index (χ4v) is 2.19. The lowest BCUT2D eigenvalue weighted by Crippen LogP contribution is -2.30. The maximum absolute atomic E-state index is 11.9. The van der Waals surface area contributed by atoms with Crippen molar-refractivity contribution in [1.29, 1.82) is 0 Å². The van der Waals surface area contributed by atoms with Crippen molar-refractivity contribution in [2.75, 3.05) is 32.5 Å². The molecule has 0 saturated carbocycles. The predicted molar refractivity (Wildman–Crippen MR) is 93.8 cm³/mol. The van der Waals surface area contributed by atoms with Crippen LogP contribution in [0.3, 0.4) is 0 Å². The van der Waals surface area contributed by atoms with Crippen LogP contribution in [0.15, 0.2) is 42.7 Å². The number of anilines is 1. The van der Waals surface area contributed by atoms with Crippen molar-refractivity contribution >= 4 is 11.7 Å². The zero-order chi connectivity index (χ0) is 17.4. The minimum absolute atomic E-state index is 0.303. The molecule has 130 valence electrons. The molecule has 0 saturated heterocycles. The number of aliphatic hydroxyl groups excluding tert-OH is 1. The molecule has 24 heavy (non-hydrogen) atoms. The van der Waals surface area contributed by atoms with Crippen LogP contribution < -0.4 is 10.6 Å². The summed E-state index contributed by atoms with van der Waals surface area (Å²) in [5.74, 6) is 0. The average molecular weight is 331 g/mol. The molecule has 0 bridgehead atoms. The summed E-state index contributed by atoms with van der Waals surface area (Å²) in [7, 11) is 4.00. The van der Waals surface area contributed by atoms with E-state index in [4.69, 9.17) is 0 Å². The summed E-state index contributed by atoms with van der Waals surface area (Å²) in [4.78, 5) is 13.9. The summed E-state index contributed by atoms with van der Waals surface area (Å²) in [6.45, 7) is 2.03. The molecular formula is C17H25N5O2. The van der Waals surface area contributed by atoms with Crippen LogP contribution in [0.4, 0.5) is 10.5 Å². The number of nitrogens with one attached hydrogen (secondary N) is 2. The second-order valence-electron chi connectivity index (χ2n) is 5.89. The fraction of sp³-hybridized carbons (Fsp3) is 0.412. The standard InChI is InChI=1S/C17H25N5O2/c1-21(2)10-11-22-13-15(12-19-22)20-17(24)18-9-8-16(23)14-6-4-3-5-7-14/h3-7,12-13,16,23H,8-11H2,1-2H3,(H2,18,20,24). The van der Waals surface area contributed by atoms with Crippen molar-refractivity contribution in [2.24, 2.45) is 0 Å². The molecule has 0 aliphatic rings. The minimum Gasteiger partial charge on any atom is -0.388 e. The van der Waals surface area contributed by atoms with Gasteiger partial charge in [-0.3, -0.25) is 4.68 Å². The number of carbonyl (C=O) groups is 1. The first-order valence-electron chi connectivity index (χ1n) is 7.99. The van der Waals surface area contributed by atoms with Crippen LogP contribution in [-0.4, -0.2) is 53.0 Å². The van der Waals surface area contributed by atoms with Gasteiger partial charge in [-0.25, -0.2) is 4.79 Å². The highest BCUT2D eigenvalue weighted by Gasteiger charge is 2.08. The van der Waals surface area contributed by atoms with Gasteiger partial charge in [-0.2, -0.15) is 5.10 Å². The van der Waals surface area contributed by atoms with Crippen molar-refractivity contribution in [3.8, 4) is 0 Å². The Kier molecular flexibility index (Phi) is 6.77. The molecule has 2 rings (SSSR count). The number of aromatic nitrogens is 2. The van der Waals surface area contributed by atoms with Gasteiger partial charge in [-0.05, 0) is 26.1 Å². The Morgan fingerprint density at radius 3 is 2.79 bits per heavy atom. The van der Waals surface area contributed by atoms with Crippen LogP contribution in [0.5, 0.6) is 0 Å². The number of aliphatic hydroxyl groups is 1. The monoisotopic (exact) mass is 331 g/mol. The summed E-state index contributed by atoms with van der Waals surface area (Å²) in [6, 6.07) is 9.10. The first-order valence-corrected chi connectivity index (χ1v) is 7.99. The molecule has 1 heterocycles. The summed E-state index contributed by atoms with van der Waals surface area (Å²) in [6.07, 6.45) is 3.29. The number of benzene rings is 1. The van der Waals surface area contributed by atoms with E-state index < -0.39 is 6.10 Å². The predicted octanol–water partition coefficient (Wildman–Crippen LogP) is 1.69. The first kappa shape index (κ1) is 18.0. The first-order chi connectivity index (χ1) is 11.5. The topological polar surface area (TPSA) is 82.4 Å². The number of urea groups is 1. The van der Waals surface area contributed by atoms with E-state index in [0.29, 0.717) is 18.7 Å². The molecule has 0 fully saturated rings. The summed E-state index contributed by atoms with van der Waals surface area (Å²) in [5.41, 5.74) is 1.50. The Hall–Kier alpha value is -2.38. The largest absolute Gasteiger partial charge is 0.388 e. The van der Waals surface area contributed by atoms with Crippen LogP contribution in [0.1, 0.15) is 18.1 Å². The molecule has 1 atom stereocenters. The van der Waals surface area contributed by atoms with Gasteiger partial charge in [0, 0.05) is 19.3 Å².